The molecule has 118 valence electrons. The molecule has 2 aromatic carbocycles. The van der Waals surface area contributed by atoms with E-state index in [1.165, 1.54) is 11.3 Å². The lowest BCUT2D eigenvalue weighted by atomic mass is 10.1. The Labute approximate surface area is 139 Å². The maximum absolute atomic E-state index is 12.4. The van der Waals surface area contributed by atoms with Gasteiger partial charge in [0.2, 0.25) is 0 Å². The fourth-order valence-electron chi connectivity index (χ4n) is 2.59. The minimum Gasteiger partial charge on any atom is -0.497 e. The minimum atomic E-state index is -0.0124. The number of ether oxygens (including phenoxy) is 1. The van der Waals surface area contributed by atoms with Gasteiger partial charge in [0, 0.05) is 10.7 Å². The Morgan fingerprint density at radius 1 is 1.17 bits per heavy atom. The topological polar surface area (TPSA) is 38.3 Å². The second-order valence-electron chi connectivity index (χ2n) is 5.58. The van der Waals surface area contributed by atoms with Crippen LogP contribution in [0.15, 0.2) is 54.6 Å². The van der Waals surface area contributed by atoms with Gasteiger partial charge in [-0.15, -0.1) is 11.3 Å². The number of rotatable bonds is 5. The van der Waals surface area contributed by atoms with Crippen LogP contribution in [-0.2, 0) is 6.42 Å². The van der Waals surface area contributed by atoms with Crippen molar-refractivity contribution >= 4 is 27.3 Å². The summed E-state index contributed by atoms with van der Waals surface area (Å²) >= 11 is 1.53. The maximum atomic E-state index is 12.4. The van der Waals surface area contributed by atoms with Gasteiger partial charge in [-0.25, -0.2) is 0 Å². The highest BCUT2D eigenvalue weighted by Crippen LogP contribution is 2.25. The zero-order valence-electron chi connectivity index (χ0n) is 13.2. The first kappa shape index (κ1) is 15.6. The average molecular weight is 325 g/mol. The molecule has 23 heavy (non-hydrogen) atoms. The molecule has 1 heterocycles. The molecule has 3 rings (SSSR count). The SMILES string of the molecule is COc1cccc(CC(C)NC(=O)c2cc3ccccc3s2)c1. The van der Waals surface area contributed by atoms with Crippen LogP contribution in [0.5, 0.6) is 5.75 Å². The van der Waals surface area contributed by atoms with Crippen LogP contribution in [0.3, 0.4) is 0 Å². The van der Waals surface area contributed by atoms with E-state index in [4.69, 9.17) is 4.74 Å². The standard InChI is InChI=1S/C19H19NO2S/c1-13(10-14-6-5-8-16(11-14)22-2)20-19(21)18-12-15-7-3-4-9-17(15)23-18/h3-9,11-13H,10H2,1-2H3,(H,20,21). The van der Waals surface area contributed by atoms with E-state index < -0.39 is 0 Å². The van der Waals surface area contributed by atoms with Gasteiger partial charge in [0.15, 0.2) is 0 Å². The molecule has 4 heteroatoms. The predicted octanol–water partition coefficient (Wildman–Crippen LogP) is 4.27. The van der Waals surface area contributed by atoms with Gasteiger partial charge in [-0.3, -0.25) is 4.79 Å². The van der Waals surface area contributed by atoms with E-state index in [1.54, 1.807) is 7.11 Å². The molecule has 0 spiro atoms. The monoisotopic (exact) mass is 325 g/mol. The zero-order chi connectivity index (χ0) is 16.2. The number of nitrogens with one attached hydrogen (secondary N) is 1. The highest BCUT2D eigenvalue weighted by atomic mass is 32.1. The molecule has 0 aliphatic rings. The molecule has 1 unspecified atom stereocenters. The van der Waals surface area contributed by atoms with Crippen molar-refractivity contribution in [2.75, 3.05) is 7.11 Å². The molecule has 1 N–H and O–H groups in total. The molecule has 3 nitrogen and oxygen atoms in total. The molecule has 0 bridgehead atoms. The summed E-state index contributed by atoms with van der Waals surface area (Å²) in [6.45, 7) is 2.02. The third-order valence-electron chi connectivity index (χ3n) is 3.70. The lowest BCUT2D eigenvalue weighted by Gasteiger charge is -2.13. The maximum Gasteiger partial charge on any atom is 0.261 e. The molecule has 0 radical (unpaired) electrons. The van der Waals surface area contributed by atoms with Crippen molar-refractivity contribution in [1.82, 2.24) is 5.32 Å². The summed E-state index contributed by atoms with van der Waals surface area (Å²) in [6.07, 6.45) is 0.772. The third-order valence-corrected chi connectivity index (χ3v) is 4.82. The van der Waals surface area contributed by atoms with Crippen molar-refractivity contribution in [2.24, 2.45) is 0 Å². The number of amides is 1. The molecule has 3 aromatic rings. The number of methoxy groups -OCH3 is 1. The summed E-state index contributed by atoms with van der Waals surface area (Å²) in [5.74, 6) is 0.826. The van der Waals surface area contributed by atoms with E-state index in [-0.39, 0.29) is 11.9 Å². The first-order valence-corrected chi connectivity index (χ1v) is 8.40. The molecule has 0 aliphatic carbocycles. The van der Waals surface area contributed by atoms with Crippen LogP contribution >= 0.6 is 11.3 Å². The number of benzene rings is 2. The Morgan fingerprint density at radius 3 is 2.78 bits per heavy atom. The van der Waals surface area contributed by atoms with Gasteiger partial charge in [0.25, 0.3) is 5.91 Å². The number of carbonyl (C=O) groups excluding carboxylic acids is 1. The van der Waals surface area contributed by atoms with Crippen LogP contribution in [-0.4, -0.2) is 19.1 Å². The summed E-state index contributed by atoms with van der Waals surface area (Å²) in [4.78, 5) is 13.2. The minimum absolute atomic E-state index is 0.0124. The van der Waals surface area contributed by atoms with E-state index in [2.05, 4.69) is 5.32 Å². The first-order chi connectivity index (χ1) is 11.2. The summed E-state index contributed by atoms with van der Waals surface area (Å²) in [5, 5.41) is 4.19. The van der Waals surface area contributed by atoms with Crippen molar-refractivity contribution < 1.29 is 9.53 Å². The Bertz CT molecular complexity index is 792. The molecule has 0 aliphatic heterocycles. The Balaban J connectivity index is 1.66. The molecule has 1 amide bonds. The highest BCUT2D eigenvalue weighted by molar-refractivity contribution is 7.20. The lowest BCUT2D eigenvalue weighted by molar-refractivity contribution is 0.0944. The second-order valence-corrected chi connectivity index (χ2v) is 6.66. The van der Waals surface area contributed by atoms with E-state index >= 15 is 0 Å². The first-order valence-electron chi connectivity index (χ1n) is 7.58. The predicted molar refractivity (Wildman–Crippen MR) is 95.5 cm³/mol. The van der Waals surface area contributed by atoms with Crippen molar-refractivity contribution in [3.05, 3.63) is 65.0 Å². The Morgan fingerprint density at radius 2 is 2.00 bits per heavy atom. The van der Waals surface area contributed by atoms with Crippen LogP contribution in [0.4, 0.5) is 0 Å². The molecule has 0 saturated heterocycles. The normalized spacial score (nSPS) is 12.1. The molecule has 0 saturated carbocycles. The van der Waals surface area contributed by atoms with E-state index in [1.807, 2.05) is 61.5 Å². The van der Waals surface area contributed by atoms with Gasteiger partial charge >= 0.3 is 0 Å². The third kappa shape index (κ3) is 3.71. The fourth-order valence-corrected chi connectivity index (χ4v) is 3.56. The second kappa shape index (κ2) is 6.84. The molecule has 1 atom stereocenters. The largest absolute Gasteiger partial charge is 0.497 e. The van der Waals surface area contributed by atoms with Gasteiger partial charge in [-0.2, -0.15) is 0 Å². The van der Waals surface area contributed by atoms with Gasteiger partial charge in [-0.05, 0) is 48.6 Å². The van der Waals surface area contributed by atoms with Crippen molar-refractivity contribution in [2.45, 2.75) is 19.4 Å². The summed E-state index contributed by atoms with van der Waals surface area (Å²) in [5.41, 5.74) is 1.15. The van der Waals surface area contributed by atoms with Crippen LogP contribution in [0.25, 0.3) is 10.1 Å². The van der Waals surface area contributed by atoms with Gasteiger partial charge in [0.1, 0.15) is 5.75 Å². The molecular weight excluding hydrogens is 306 g/mol. The van der Waals surface area contributed by atoms with E-state index in [9.17, 15) is 4.79 Å². The number of carbonyl (C=O) groups is 1. The number of hydrogen-bond acceptors (Lipinski definition) is 3. The van der Waals surface area contributed by atoms with Crippen LogP contribution < -0.4 is 10.1 Å². The van der Waals surface area contributed by atoms with Crippen molar-refractivity contribution in [3.63, 3.8) is 0 Å². The van der Waals surface area contributed by atoms with Crippen LogP contribution in [0.2, 0.25) is 0 Å². The summed E-state index contributed by atoms with van der Waals surface area (Å²) < 4.78 is 6.37. The lowest BCUT2D eigenvalue weighted by Crippen LogP contribution is -2.33. The van der Waals surface area contributed by atoms with E-state index in [0.29, 0.717) is 0 Å². The van der Waals surface area contributed by atoms with E-state index in [0.717, 1.165) is 32.7 Å². The average Bonchev–Trinajstić information content (AvgIpc) is 2.99. The Hall–Kier alpha value is -2.33. The number of fused-ring (bicyclic) bond motifs is 1. The quantitative estimate of drug-likeness (QED) is 0.761. The smallest absolute Gasteiger partial charge is 0.261 e. The van der Waals surface area contributed by atoms with Gasteiger partial charge in [-0.1, -0.05) is 30.3 Å². The molecular formula is C19H19NO2S. The molecule has 0 fully saturated rings. The summed E-state index contributed by atoms with van der Waals surface area (Å²) in [7, 11) is 1.66. The van der Waals surface area contributed by atoms with Crippen molar-refractivity contribution in [3.8, 4) is 5.75 Å². The summed E-state index contributed by atoms with van der Waals surface area (Å²) in [6, 6.07) is 18.0. The fraction of sp³-hybridized carbons (Fsp3) is 0.211. The van der Waals surface area contributed by atoms with Gasteiger partial charge in [0.05, 0.1) is 12.0 Å². The van der Waals surface area contributed by atoms with Crippen LogP contribution in [0.1, 0.15) is 22.2 Å². The van der Waals surface area contributed by atoms with Gasteiger partial charge < -0.3 is 10.1 Å². The number of hydrogen-bond donors (Lipinski definition) is 1. The van der Waals surface area contributed by atoms with Crippen molar-refractivity contribution in [1.29, 1.82) is 0 Å². The molecule has 1 aromatic heterocycles. The highest BCUT2D eigenvalue weighted by Gasteiger charge is 2.13. The zero-order valence-corrected chi connectivity index (χ0v) is 14.0. The number of thiophene rings is 1. The van der Waals surface area contributed by atoms with Crippen LogP contribution in [0, 0.1) is 0 Å². The Kier molecular flexibility index (Phi) is 4.63.